The number of carbonyl (C=O) groups is 2. The van der Waals surface area contributed by atoms with Crippen LogP contribution < -0.4 is 9.96 Å². The molecule has 0 spiro atoms. The number of nitrogens with zero attached hydrogens (tertiary/aromatic N) is 4. The zero-order chi connectivity index (χ0) is 25.0. The molecule has 36 heavy (non-hydrogen) atoms. The van der Waals surface area contributed by atoms with Gasteiger partial charge in [-0.05, 0) is 48.9 Å². The predicted molar refractivity (Wildman–Crippen MR) is 131 cm³/mol. The van der Waals surface area contributed by atoms with E-state index in [-0.39, 0.29) is 5.69 Å². The summed E-state index contributed by atoms with van der Waals surface area (Å²) in [6.45, 7) is 0. The standard InChI is InChI=1S/C26H20N4O5S/c27-14-19-18-8-4-5-9-20(18)36-26(19)28-24(31)21-22(15-10-12-17(13-11-15)30(33)34)29(35-23(21)25(28)32)16-6-2-1-3-7-16/h1-3,6-7,10-13,21-23H,4-5,8-9H2/t21-,22-,23-/m1/s1. The van der Waals surface area contributed by atoms with Crippen LogP contribution in [0.25, 0.3) is 0 Å². The number of para-hydroxylation sites is 1. The van der Waals surface area contributed by atoms with Crippen molar-refractivity contribution in [3.05, 3.63) is 86.3 Å². The molecule has 2 fully saturated rings. The molecule has 2 amide bonds. The van der Waals surface area contributed by atoms with E-state index in [4.69, 9.17) is 4.84 Å². The zero-order valence-electron chi connectivity index (χ0n) is 19.0. The Hall–Kier alpha value is -4.07. The Morgan fingerprint density at radius 2 is 1.75 bits per heavy atom. The van der Waals surface area contributed by atoms with Gasteiger partial charge in [0.15, 0.2) is 6.10 Å². The van der Waals surface area contributed by atoms with Gasteiger partial charge < -0.3 is 0 Å². The second-order valence-corrected chi connectivity index (χ2v) is 10.1. The minimum absolute atomic E-state index is 0.0706. The first kappa shape index (κ1) is 22.4. The Kier molecular flexibility index (Phi) is 5.32. The summed E-state index contributed by atoms with van der Waals surface area (Å²) in [5.41, 5.74) is 2.56. The number of non-ortho nitro benzene ring substituents is 1. The largest absolute Gasteiger partial charge is 0.273 e. The summed E-state index contributed by atoms with van der Waals surface area (Å²) in [4.78, 5) is 46.6. The Balaban J connectivity index is 1.43. The molecule has 180 valence electrons. The molecule has 0 unspecified atom stereocenters. The Labute approximate surface area is 210 Å². The molecule has 0 N–H and O–H groups in total. The van der Waals surface area contributed by atoms with Gasteiger partial charge in [0.25, 0.3) is 11.6 Å². The van der Waals surface area contributed by atoms with Crippen LogP contribution in [0.15, 0.2) is 54.6 Å². The van der Waals surface area contributed by atoms with Crippen LogP contribution in [0.4, 0.5) is 16.4 Å². The molecule has 0 bridgehead atoms. The van der Waals surface area contributed by atoms with E-state index < -0.39 is 34.8 Å². The number of nitro benzene ring substituents is 1. The van der Waals surface area contributed by atoms with E-state index in [1.165, 1.54) is 23.5 Å². The number of anilines is 2. The quantitative estimate of drug-likeness (QED) is 0.295. The number of fused-ring (bicyclic) bond motifs is 2. The molecule has 2 aliphatic heterocycles. The van der Waals surface area contributed by atoms with Crippen molar-refractivity contribution in [1.29, 1.82) is 5.26 Å². The zero-order valence-corrected chi connectivity index (χ0v) is 19.8. The molecule has 2 aromatic carbocycles. The molecule has 3 atom stereocenters. The monoisotopic (exact) mass is 500 g/mol. The predicted octanol–water partition coefficient (Wildman–Crippen LogP) is 4.46. The lowest BCUT2D eigenvalue weighted by Gasteiger charge is -2.28. The van der Waals surface area contributed by atoms with Crippen molar-refractivity contribution >= 4 is 39.5 Å². The molecule has 10 heteroatoms. The molecular formula is C26H20N4O5S. The fourth-order valence-corrected chi connectivity index (χ4v) is 6.72. The van der Waals surface area contributed by atoms with Crippen molar-refractivity contribution in [2.24, 2.45) is 5.92 Å². The van der Waals surface area contributed by atoms with Gasteiger partial charge in [-0.15, -0.1) is 11.3 Å². The number of hydrogen-bond donors (Lipinski definition) is 0. The molecule has 1 aromatic heterocycles. The number of carbonyl (C=O) groups excluding carboxylic acids is 2. The molecular weight excluding hydrogens is 480 g/mol. The third-order valence-corrected chi connectivity index (χ3v) is 8.32. The number of amides is 2. The highest BCUT2D eigenvalue weighted by molar-refractivity contribution is 7.17. The number of hydroxylamine groups is 1. The van der Waals surface area contributed by atoms with Crippen LogP contribution in [0.2, 0.25) is 0 Å². The number of nitriles is 1. The third kappa shape index (κ3) is 3.31. The van der Waals surface area contributed by atoms with E-state index in [1.807, 2.05) is 30.3 Å². The fourth-order valence-electron chi connectivity index (χ4n) is 5.37. The molecule has 2 saturated heterocycles. The Morgan fingerprint density at radius 1 is 1.03 bits per heavy atom. The molecule has 0 saturated carbocycles. The van der Waals surface area contributed by atoms with Crippen molar-refractivity contribution in [1.82, 2.24) is 0 Å². The van der Waals surface area contributed by atoms with Crippen molar-refractivity contribution in [2.75, 3.05) is 9.96 Å². The summed E-state index contributed by atoms with van der Waals surface area (Å²) in [6, 6.07) is 16.6. The van der Waals surface area contributed by atoms with Crippen LogP contribution >= 0.6 is 11.3 Å². The van der Waals surface area contributed by atoms with Crippen LogP contribution in [0.3, 0.4) is 0 Å². The molecule has 6 rings (SSSR count). The number of nitro groups is 1. The minimum Gasteiger partial charge on any atom is -0.273 e. The molecule has 9 nitrogen and oxygen atoms in total. The van der Waals surface area contributed by atoms with Gasteiger partial charge in [-0.1, -0.05) is 30.3 Å². The maximum absolute atomic E-state index is 13.9. The van der Waals surface area contributed by atoms with E-state index in [0.29, 0.717) is 21.8 Å². The summed E-state index contributed by atoms with van der Waals surface area (Å²) in [7, 11) is 0. The minimum atomic E-state index is -1.07. The van der Waals surface area contributed by atoms with Gasteiger partial charge in [0.1, 0.15) is 17.0 Å². The number of rotatable bonds is 4. The van der Waals surface area contributed by atoms with E-state index in [0.717, 1.165) is 41.0 Å². The van der Waals surface area contributed by atoms with Crippen LogP contribution in [0.1, 0.15) is 40.5 Å². The number of imide groups is 1. The molecule has 3 aromatic rings. The average Bonchev–Trinajstić information content (AvgIpc) is 3.54. The fraction of sp³-hybridized carbons (Fsp3) is 0.269. The van der Waals surface area contributed by atoms with Gasteiger partial charge >= 0.3 is 0 Å². The van der Waals surface area contributed by atoms with Crippen LogP contribution in [0, 0.1) is 27.4 Å². The van der Waals surface area contributed by atoms with Gasteiger partial charge in [-0.25, -0.2) is 9.96 Å². The molecule has 1 aliphatic carbocycles. The van der Waals surface area contributed by atoms with Crippen molar-refractivity contribution in [3.63, 3.8) is 0 Å². The number of aryl methyl sites for hydroxylation is 1. The second-order valence-electron chi connectivity index (χ2n) is 9.02. The van der Waals surface area contributed by atoms with Crippen molar-refractivity contribution in [2.45, 2.75) is 37.8 Å². The highest BCUT2D eigenvalue weighted by Crippen LogP contribution is 2.50. The van der Waals surface area contributed by atoms with E-state index in [2.05, 4.69) is 6.07 Å². The normalized spacial score (nSPS) is 22.9. The van der Waals surface area contributed by atoms with Gasteiger partial charge in [-0.3, -0.25) is 24.5 Å². The summed E-state index contributed by atoms with van der Waals surface area (Å²) < 4.78 is 0. The van der Waals surface area contributed by atoms with E-state index in [1.54, 1.807) is 17.2 Å². The van der Waals surface area contributed by atoms with Crippen LogP contribution in [0.5, 0.6) is 0 Å². The summed E-state index contributed by atoms with van der Waals surface area (Å²) in [5, 5.41) is 23.0. The highest BCUT2D eigenvalue weighted by atomic mass is 32.1. The first-order valence-electron chi connectivity index (χ1n) is 11.7. The lowest BCUT2D eigenvalue weighted by molar-refractivity contribution is -0.384. The van der Waals surface area contributed by atoms with Gasteiger partial charge in [0, 0.05) is 17.0 Å². The number of benzene rings is 2. The first-order valence-corrected chi connectivity index (χ1v) is 12.5. The lowest BCUT2D eigenvalue weighted by Crippen LogP contribution is -2.37. The van der Waals surface area contributed by atoms with E-state index >= 15 is 0 Å². The Morgan fingerprint density at radius 3 is 2.44 bits per heavy atom. The van der Waals surface area contributed by atoms with Crippen molar-refractivity contribution in [3.8, 4) is 6.07 Å². The number of hydrogen-bond acceptors (Lipinski definition) is 8. The lowest BCUT2D eigenvalue weighted by atomic mass is 9.90. The van der Waals surface area contributed by atoms with Gasteiger partial charge in [-0.2, -0.15) is 5.26 Å². The molecule has 0 radical (unpaired) electrons. The molecule has 3 aliphatic rings. The van der Waals surface area contributed by atoms with Gasteiger partial charge in [0.05, 0.1) is 22.2 Å². The summed E-state index contributed by atoms with van der Waals surface area (Å²) in [5.74, 6) is -1.79. The van der Waals surface area contributed by atoms with Crippen LogP contribution in [-0.4, -0.2) is 22.8 Å². The maximum atomic E-state index is 13.9. The van der Waals surface area contributed by atoms with Crippen LogP contribution in [-0.2, 0) is 27.3 Å². The average molecular weight is 501 g/mol. The van der Waals surface area contributed by atoms with Gasteiger partial charge in [0.2, 0.25) is 5.91 Å². The number of thiophene rings is 1. The third-order valence-electron chi connectivity index (χ3n) is 7.04. The topological polar surface area (TPSA) is 117 Å². The SMILES string of the molecule is N#Cc1c(N2C(=O)[C@@H]3[C@@H](c4ccc([N+](=O)[O-])cc4)N(c4ccccc4)O[C@H]3C2=O)sc2c1CCCC2. The Bertz CT molecular complexity index is 1430. The van der Waals surface area contributed by atoms with Crippen molar-refractivity contribution < 1.29 is 19.3 Å². The second kappa shape index (κ2) is 8.55. The smallest absolute Gasteiger partial charge is 0.269 e. The van der Waals surface area contributed by atoms with E-state index in [9.17, 15) is 25.0 Å². The highest BCUT2D eigenvalue weighted by Gasteiger charge is 2.61. The maximum Gasteiger partial charge on any atom is 0.269 e. The summed E-state index contributed by atoms with van der Waals surface area (Å²) in [6.07, 6.45) is 2.52. The molecule has 3 heterocycles. The summed E-state index contributed by atoms with van der Waals surface area (Å²) >= 11 is 1.35. The first-order chi connectivity index (χ1) is 17.5.